The van der Waals surface area contributed by atoms with E-state index in [9.17, 15) is 9.90 Å². The summed E-state index contributed by atoms with van der Waals surface area (Å²) in [6.45, 7) is 6.35. The van der Waals surface area contributed by atoms with E-state index in [-0.39, 0.29) is 18.4 Å². The van der Waals surface area contributed by atoms with Gasteiger partial charge in [-0.05, 0) is 31.7 Å². The molecule has 0 aromatic rings. The predicted octanol–water partition coefficient (Wildman–Crippen LogP) is 3.56. The van der Waals surface area contributed by atoms with Crippen molar-refractivity contribution < 1.29 is 9.90 Å². The van der Waals surface area contributed by atoms with Crippen LogP contribution in [-0.2, 0) is 4.79 Å². The van der Waals surface area contributed by atoms with Crippen molar-refractivity contribution >= 4 is 18.4 Å². The van der Waals surface area contributed by atoms with Crippen LogP contribution in [0.15, 0.2) is 0 Å². The lowest BCUT2D eigenvalue weighted by Crippen LogP contribution is -2.36. The fourth-order valence-electron chi connectivity index (χ4n) is 2.86. The van der Waals surface area contributed by atoms with Gasteiger partial charge in [-0.15, -0.1) is 12.4 Å². The second-order valence-corrected chi connectivity index (χ2v) is 5.30. The molecule has 1 unspecified atom stereocenters. The van der Waals surface area contributed by atoms with Crippen LogP contribution in [0.4, 0.5) is 0 Å². The van der Waals surface area contributed by atoms with Gasteiger partial charge in [0.05, 0.1) is 0 Å². The predicted molar refractivity (Wildman–Crippen MR) is 77.4 cm³/mol. The molecule has 18 heavy (non-hydrogen) atoms. The van der Waals surface area contributed by atoms with Gasteiger partial charge < -0.3 is 5.11 Å². The number of unbranched alkanes of at least 4 members (excludes halogenated alkanes) is 3. The molecule has 0 aromatic carbocycles. The number of carboxylic acid groups (broad SMARTS) is 1. The number of nitrogens with zero attached hydrogens (tertiary/aromatic N) is 1. The number of carbonyl (C=O) groups is 1. The van der Waals surface area contributed by atoms with Gasteiger partial charge in [0.2, 0.25) is 0 Å². The molecule has 2 atom stereocenters. The molecular formula is C14H28ClNO2. The Bertz CT molecular complexity index is 236. The van der Waals surface area contributed by atoms with E-state index in [0.717, 1.165) is 25.9 Å². The first-order valence-electron chi connectivity index (χ1n) is 7.15. The normalized spacial score (nSPS) is 23.9. The Morgan fingerprint density at radius 2 is 1.94 bits per heavy atom. The van der Waals surface area contributed by atoms with Crippen molar-refractivity contribution in [1.82, 2.24) is 4.90 Å². The number of hydrogen-bond acceptors (Lipinski definition) is 2. The van der Waals surface area contributed by atoms with E-state index in [1.165, 1.54) is 32.1 Å². The minimum Gasteiger partial charge on any atom is -0.480 e. The summed E-state index contributed by atoms with van der Waals surface area (Å²) < 4.78 is 0. The van der Waals surface area contributed by atoms with Crippen molar-refractivity contribution in [3.8, 4) is 0 Å². The topological polar surface area (TPSA) is 40.5 Å². The summed E-state index contributed by atoms with van der Waals surface area (Å²) in [5.74, 6) is -0.0219. The van der Waals surface area contributed by atoms with E-state index in [4.69, 9.17) is 0 Å². The van der Waals surface area contributed by atoms with Crippen LogP contribution >= 0.6 is 12.4 Å². The molecule has 1 saturated heterocycles. The third kappa shape index (κ3) is 5.57. The van der Waals surface area contributed by atoms with Crippen LogP contribution < -0.4 is 0 Å². The number of aliphatic carboxylic acids is 1. The second kappa shape index (κ2) is 9.62. The Kier molecular flexibility index (Phi) is 9.47. The maximum atomic E-state index is 11.2. The highest BCUT2D eigenvalue weighted by Gasteiger charge is 2.35. The summed E-state index contributed by atoms with van der Waals surface area (Å²) in [5.41, 5.74) is 0. The van der Waals surface area contributed by atoms with Crippen molar-refractivity contribution in [2.24, 2.45) is 5.92 Å². The molecular weight excluding hydrogens is 250 g/mol. The van der Waals surface area contributed by atoms with Gasteiger partial charge in [-0.1, -0.05) is 39.5 Å². The van der Waals surface area contributed by atoms with E-state index in [1.54, 1.807) is 0 Å². The van der Waals surface area contributed by atoms with Crippen LogP contribution in [0.1, 0.15) is 58.8 Å². The standard InChI is InChI=1S/C14H27NO2.ClH/c1-3-5-6-7-9-15-11-12(8-4-2)10-13(15)14(16)17;/h12-13H,3-11H2,1-2H3,(H,16,17);1H/t12?,13-;/m0./s1. The van der Waals surface area contributed by atoms with Crippen molar-refractivity contribution in [2.75, 3.05) is 13.1 Å². The molecule has 0 saturated carbocycles. The van der Waals surface area contributed by atoms with Gasteiger partial charge in [0, 0.05) is 6.54 Å². The van der Waals surface area contributed by atoms with Crippen molar-refractivity contribution in [3.63, 3.8) is 0 Å². The lowest BCUT2D eigenvalue weighted by molar-refractivity contribution is -0.142. The van der Waals surface area contributed by atoms with Crippen LogP contribution in [0.2, 0.25) is 0 Å². The summed E-state index contributed by atoms with van der Waals surface area (Å²) in [7, 11) is 0. The van der Waals surface area contributed by atoms with Crippen LogP contribution in [0, 0.1) is 5.92 Å². The molecule has 1 fully saturated rings. The quantitative estimate of drug-likeness (QED) is 0.690. The maximum Gasteiger partial charge on any atom is 0.320 e. The molecule has 0 amide bonds. The molecule has 0 bridgehead atoms. The SMILES string of the molecule is CCCCCCN1CC(CCC)C[C@H]1C(=O)O.Cl. The molecule has 1 aliphatic rings. The van der Waals surface area contributed by atoms with E-state index in [2.05, 4.69) is 18.7 Å². The molecule has 4 heteroatoms. The smallest absolute Gasteiger partial charge is 0.320 e. The molecule has 1 N–H and O–H groups in total. The summed E-state index contributed by atoms with van der Waals surface area (Å²) in [5, 5.41) is 9.23. The average molecular weight is 278 g/mol. The minimum atomic E-state index is -0.626. The van der Waals surface area contributed by atoms with Gasteiger partial charge in [0.1, 0.15) is 6.04 Å². The zero-order chi connectivity index (χ0) is 12.7. The Morgan fingerprint density at radius 3 is 2.50 bits per heavy atom. The van der Waals surface area contributed by atoms with Gasteiger partial charge >= 0.3 is 5.97 Å². The van der Waals surface area contributed by atoms with Gasteiger partial charge in [-0.3, -0.25) is 9.69 Å². The van der Waals surface area contributed by atoms with E-state index >= 15 is 0 Å². The molecule has 0 aliphatic carbocycles. The van der Waals surface area contributed by atoms with Crippen molar-refractivity contribution in [3.05, 3.63) is 0 Å². The van der Waals surface area contributed by atoms with Crippen molar-refractivity contribution in [1.29, 1.82) is 0 Å². The molecule has 0 spiro atoms. The molecule has 0 radical (unpaired) electrons. The zero-order valence-electron chi connectivity index (χ0n) is 11.7. The Hall–Kier alpha value is -0.280. The summed E-state index contributed by atoms with van der Waals surface area (Å²) in [6.07, 6.45) is 8.09. The highest BCUT2D eigenvalue weighted by molar-refractivity contribution is 5.85. The highest BCUT2D eigenvalue weighted by Crippen LogP contribution is 2.27. The number of hydrogen-bond donors (Lipinski definition) is 1. The third-order valence-corrected chi connectivity index (χ3v) is 3.77. The first kappa shape index (κ1) is 17.7. The summed E-state index contributed by atoms with van der Waals surface area (Å²) >= 11 is 0. The fraction of sp³-hybridized carbons (Fsp3) is 0.929. The second-order valence-electron chi connectivity index (χ2n) is 5.30. The molecule has 1 rings (SSSR count). The average Bonchev–Trinajstić information content (AvgIpc) is 2.68. The Labute approximate surface area is 117 Å². The first-order valence-corrected chi connectivity index (χ1v) is 7.15. The third-order valence-electron chi connectivity index (χ3n) is 3.77. The lowest BCUT2D eigenvalue weighted by Gasteiger charge is -2.20. The lowest BCUT2D eigenvalue weighted by atomic mass is 10.0. The molecule has 1 aliphatic heterocycles. The minimum absolute atomic E-state index is 0. The van der Waals surface area contributed by atoms with Gasteiger partial charge in [0.15, 0.2) is 0 Å². The number of likely N-dealkylation sites (tertiary alicyclic amines) is 1. The largest absolute Gasteiger partial charge is 0.480 e. The number of carboxylic acids is 1. The zero-order valence-corrected chi connectivity index (χ0v) is 12.5. The Balaban J connectivity index is 0.00000289. The van der Waals surface area contributed by atoms with E-state index in [0.29, 0.717) is 5.92 Å². The fourth-order valence-corrected chi connectivity index (χ4v) is 2.86. The Morgan fingerprint density at radius 1 is 1.22 bits per heavy atom. The van der Waals surface area contributed by atoms with Crippen LogP contribution in [0.3, 0.4) is 0 Å². The summed E-state index contributed by atoms with van der Waals surface area (Å²) in [6, 6.07) is -0.215. The number of halogens is 1. The number of rotatable bonds is 8. The first-order chi connectivity index (χ1) is 8.19. The monoisotopic (exact) mass is 277 g/mol. The molecule has 0 aromatic heterocycles. The van der Waals surface area contributed by atoms with E-state index in [1.807, 2.05) is 0 Å². The highest BCUT2D eigenvalue weighted by atomic mass is 35.5. The summed E-state index contributed by atoms with van der Waals surface area (Å²) in [4.78, 5) is 13.4. The van der Waals surface area contributed by atoms with Gasteiger partial charge in [0.25, 0.3) is 0 Å². The van der Waals surface area contributed by atoms with Crippen LogP contribution in [0.25, 0.3) is 0 Å². The molecule has 3 nitrogen and oxygen atoms in total. The van der Waals surface area contributed by atoms with Crippen LogP contribution in [-0.4, -0.2) is 35.1 Å². The van der Waals surface area contributed by atoms with Crippen molar-refractivity contribution in [2.45, 2.75) is 64.8 Å². The molecule has 1 heterocycles. The van der Waals surface area contributed by atoms with Crippen LogP contribution in [0.5, 0.6) is 0 Å². The maximum absolute atomic E-state index is 11.2. The van der Waals surface area contributed by atoms with Gasteiger partial charge in [-0.25, -0.2) is 0 Å². The van der Waals surface area contributed by atoms with Gasteiger partial charge in [-0.2, -0.15) is 0 Å². The molecule has 108 valence electrons. The van der Waals surface area contributed by atoms with E-state index < -0.39 is 5.97 Å².